The number of fused-ring (bicyclic) bond motifs is 1. The summed E-state index contributed by atoms with van der Waals surface area (Å²) < 4.78 is 4.54. The highest BCUT2D eigenvalue weighted by Crippen LogP contribution is 2.14. The van der Waals surface area contributed by atoms with Crippen molar-refractivity contribution in [2.45, 2.75) is 27.2 Å². The molecule has 0 saturated carbocycles. The van der Waals surface area contributed by atoms with Crippen LogP contribution in [0, 0.1) is 13.8 Å². The molecule has 2 heterocycles. The van der Waals surface area contributed by atoms with Gasteiger partial charge in [-0.1, -0.05) is 6.92 Å². The predicted molar refractivity (Wildman–Crippen MR) is 57.4 cm³/mol. The Balaban J connectivity index is 0.00000112. The molecule has 0 unspecified atom stereocenters. The number of rotatable bonds is 1. The van der Waals surface area contributed by atoms with Crippen LogP contribution in [0.5, 0.6) is 0 Å². The van der Waals surface area contributed by atoms with Crippen molar-refractivity contribution in [3.05, 3.63) is 35.4 Å². The molecule has 15 heavy (non-hydrogen) atoms. The number of aryl methyl sites for hydroxylation is 4. The lowest BCUT2D eigenvalue weighted by Gasteiger charge is -2.05. The van der Waals surface area contributed by atoms with Crippen molar-refractivity contribution in [1.82, 2.24) is 4.40 Å². The largest absolute Gasteiger partial charge is 1.00 e. The van der Waals surface area contributed by atoms with Gasteiger partial charge in [-0.3, -0.25) is 0 Å². The zero-order valence-corrected chi connectivity index (χ0v) is 11.9. The third-order valence-corrected chi connectivity index (χ3v) is 2.87. The van der Waals surface area contributed by atoms with Crippen LogP contribution in [0.3, 0.4) is 0 Å². The van der Waals surface area contributed by atoms with Crippen molar-refractivity contribution in [2.24, 2.45) is 7.05 Å². The van der Waals surface area contributed by atoms with Crippen LogP contribution in [0.4, 0.5) is 0 Å². The Labute approximate surface area is 108 Å². The fourth-order valence-corrected chi connectivity index (χ4v) is 2.26. The molecule has 0 bridgehead atoms. The summed E-state index contributed by atoms with van der Waals surface area (Å²) in [6, 6.07) is 4.39. The van der Waals surface area contributed by atoms with Crippen LogP contribution in [0.1, 0.15) is 24.0 Å². The first-order valence-electron chi connectivity index (χ1n) is 5.11. The molecule has 0 aromatic carbocycles. The summed E-state index contributed by atoms with van der Waals surface area (Å²) in [4.78, 5) is 0. The van der Waals surface area contributed by atoms with Gasteiger partial charge in [0.2, 0.25) is 5.69 Å². The molecule has 0 spiro atoms. The second-order valence-electron chi connectivity index (χ2n) is 3.88. The third kappa shape index (κ3) is 1.89. The number of hydrogen-bond donors (Lipinski definition) is 0. The summed E-state index contributed by atoms with van der Waals surface area (Å²) in [7, 11) is 2.12. The van der Waals surface area contributed by atoms with Crippen LogP contribution >= 0.6 is 0 Å². The minimum absolute atomic E-state index is 0. The second-order valence-corrected chi connectivity index (χ2v) is 3.88. The van der Waals surface area contributed by atoms with Gasteiger partial charge >= 0.3 is 0 Å². The van der Waals surface area contributed by atoms with Crippen LogP contribution in [-0.2, 0) is 13.5 Å². The van der Waals surface area contributed by atoms with E-state index in [1.807, 2.05) is 0 Å². The summed E-state index contributed by atoms with van der Waals surface area (Å²) in [5, 5.41) is 0. The Morgan fingerprint density at radius 3 is 2.47 bits per heavy atom. The van der Waals surface area contributed by atoms with Crippen molar-refractivity contribution in [1.29, 1.82) is 0 Å². The zero-order valence-electron chi connectivity index (χ0n) is 9.71. The molecule has 0 N–H and O–H groups in total. The molecule has 2 rings (SSSR count). The average molecular weight is 316 g/mol. The van der Waals surface area contributed by atoms with E-state index in [0.29, 0.717) is 0 Å². The van der Waals surface area contributed by atoms with Gasteiger partial charge in [0.1, 0.15) is 12.6 Å². The predicted octanol–water partition coefficient (Wildman–Crippen LogP) is -1.05. The second kappa shape index (κ2) is 4.51. The van der Waals surface area contributed by atoms with Crippen molar-refractivity contribution < 1.29 is 28.5 Å². The van der Waals surface area contributed by atoms with Crippen LogP contribution in [-0.4, -0.2) is 4.40 Å². The van der Waals surface area contributed by atoms with E-state index in [1.54, 1.807) is 0 Å². The smallest absolute Gasteiger partial charge is 0.205 e. The number of nitrogens with zero attached hydrogens (tertiary/aromatic N) is 2. The van der Waals surface area contributed by atoms with Gasteiger partial charge < -0.3 is 28.4 Å². The molecule has 0 aliphatic rings. The maximum absolute atomic E-state index is 2.32. The van der Waals surface area contributed by atoms with Crippen molar-refractivity contribution in [2.75, 3.05) is 0 Å². The molecule has 0 radical (unpaired) electrons. The van der Waals surface area contributed by atoms with E-state index in [9.17, 15) is 0 Å². The molecule has 0 saturated heterocycles. The van der Waals surface area contributed by atoms with Crippen LogP contribution < -0.4 is 28.5 Å². The van der Waals surface area contributed by atoms with Gasteiger partial charge in [-0.2, -0.15) is 0 Å². The summed E-state index contributed by atoms with van der Waals surface area (Å²) in [6.45, 7) is 6.51. The first-order valence-corrected chi connectivity index (χ1v) is 5.11. The molecule has 2 aromatic rings. The highest BCUT2D eigenvalue weighted by atomic mass is 127. The first-order chi connectivity index (χ1) is 6.65. The standard InChI is InChI=1S/C12H17N2.HI/c1-5-11-12-7-6-9(2)14(12)10(3)8-13(11)4;/h6-8H,5H2,1-4H3;1H/q+1;/p-1. The molecular formula is C12H17IN2. The van der Waals surface area contributed by atoms with Crippen molar-refractivity contribution in [3.8, 4) is 0 Å². The quantitative estimate of drug-likeness (QED) is 0.469. The van der Waals surface area contributed by atoms with Gasteiger partial charge in [0.05, 0.1) is 5.69 Å². The van der Waals surface area contributed by atoms with E-state index in [0.717, 1.165) is 6.42 Å². The summed E-state index contributed by atoms with van der Waals surface area (Å²) in [6.07, 6.45) is 3.27. The molecule has 2 aromatic heterocycles. The lowest BCUT2D eigenvalue weighted by molar-refractivity contribution is -0.678. The Hall–Kier alpha value is -0.580. The van der Waals surface area contributed by atoms with E-state index in [1.165, 1.54) is 22.6 Å². The molecule has 3 heteroatoms. The van der Waals surface area contributed by atoms with Crippen molar-refractivity contribution in [3.63, 3.8) is 0 Å². The fourth-order valence-electron chi connectivity index (χ4n) is 2.26. The highest BCUT2D eigenvalue weighted by Gasteiger charge is 2.13. The Kier molecular flexibility index (Phi) is 3.76. The average Bonchev–Trinajstić information content (AvgIpc) is 2.49. The summed E-state index contributed by atoms with van der Waals surface area (Å²) in [5.41, 5.74) is 5.34. The molecule has 0 aliphatic heterocycles. The lowest BCUT2D eigenvalue weighted by Crippen LogP contribution is -3.00. The topological polar surface area (TPSA) is 8.29 Å². The van der Waals surface area contributed by atoms with E-state index in [2.05, 4.69) is 55.1 Å². The maximum Gasteiger partial charge on any atom is 0.205 e. The normalized spacial score (nSPS) is 10.4. The molecule has 82 valence electrons. The molecule has 0 fully saturated rings. The number of halogens is 1. The van der Waals surface area contributed by atoms with E-state index >= 15 is 0 Å². The molecular weight excluding hydrogens is 299 g/mol. The number of hydrogen-bond acceptors (Lipinski definition) is 0. The summed E-state index contributed by atoms with van der Waals surface area (Å²) >= 11 is 0. The van der Waals surface area contributed by atoms with Gasteiger partial charge in [0.25, 0.3) is 0 Å². The Morgan fingerprint density at radius 1 is 1.20 bits per heavy atom. The minimum atomic E-state index is 0. The lowest BCUT2D eigenvalue weighted by atomic mass is 10.2. The molecule has 2 nitrogen and oxygen atoms in total. The Bertz CT molecular complexity index is 486. The van der Waals surface area contributed by atoms with E-state index < -0.39 is 0 Å². The fraction of sp³-hybridized carbons (Fsp3) is 0.417. The van der Waals surface area contributed by atoms with Gasteiger partial charge in [-0.05, 0) is 26.0 Å². The molecule has 0 aliphatic carbocycles. The highest BCUT2D eigenvalue weighted by molar-refractivity contribution is 5.53. The van der Waals surface area contributed by atoms with E-state index in [-0.39, 0.29) is 24.0 Å². The summed E-state index contributed by atoms with van der Waals surface area (Å²) in [5.74, 6) is 0. The zero-order chi connectivity index (χ0) is 10.3. The van der Waals surface area contributed by atoms with Gasteiger partial charge in [-0.25, -0.2) is 4.57 Å². The molecule has 0 amide bonds. The van der Waals surface area contributed by atoms with Crippen LogP contribution in [0.2, 0.25) is 0 Å². The minimum Gasteiger partial charge on any atom is -1.00 e. The maximum atomic E-state index is 2.32. The van der Waals surface area contributed by atoms with Gasteiger partial charge in [0.15, 0.2) is 6.20 Å². The van der Waals surface area contributed by atoms with Crippen LogP contribution in [0.15, 0.2) is 18.3 Å². The monoisotopic (exact) mass is 316 g/mol. The van der Waals surface area contributed by atoms with Gasteiger partial charge in [-0.15, -0.1) is 0 Å². The van der Waals surface area contributed by atoms with Gasteiger partial charge in [0, 0.05) is 12.1 Å². The number of aromatic nitrogens is 2. The molecule has 0 atom stereocenters. The van der Waals surface area contributed by atoms with Crippen molar-refractivity contribution >= 4 is 5.52 Å². The van der Waals surface area contributed by atoms with Crippen LogP contribution in [0.25, 0.3) is 5.52 Å². The Morgan fingerprint density at radius 2 is 1.87 bits per heavy atom. The van der Waals surface area contributed by atoms with E-state index in [4.69, 9.17) is 0 Å². The first kappa shape index (κ1) is 12.5. The third-order valence-electron chi connectivity index (χ3n) is 2.87. The SMILES string of the molecule is CCc1c2ccc(C)n2c(C)c[n+]1C.[I-].